The van der Waals surface area contributed by atoms with Crippen molar-refractivity contribution in [1.82, 2.24) is 25.1 Å². The number of carboxylic acid groups (broad SMARTS) is 1. The molecule has 1 aromatic carbocycles. The van der Waals surface area contributed by atoms with E-state index in [2.05, 4.69) is 20.5 Å². The summed E-state index contributed by atoms with van der Waals surface area (Å²) < 4.78 is 1.36. The van der Waals surface area contributed by atoms with Crippen LogP contribution >= 0.6 is 23.2 Å². The molecule has 0 radical (unpaired) electrons. The van der Waals surface area contributed by atoms with E-state index in [1.165, 1.54) is 11.6 Å². The molecule has 0 saturated carbocycles. The molecule has 0 amide bonds. The van der Waals surface area contributed by atoms with Gasteiger partial charge in [0.1, 0.15) is 0 Å². The summed E-state index contributed by atoms with van der Waals surface area (Å²) in [5.41, 5.74) is 5.32. The average molecular weight is 382 g/mol. The van der Waals surface area contributed by atoms with E-state index in [0.717, 1.165) is 5.56 Å². The summed E-state index contributed by atoms with van der Waals surface area (Å²) in [6, 6.07) is 5.02. The van der Waals surface area contributed by atoms with Crippen LogP contribution in [0, 0.1) is 6.92 Å². The molecule has 0 aliphatic rings. The van der Waals surface area contributed by atoms with Crippen LogP contribution in [-0.4, -0.2) is 37.8 Å². The number of aromatic carboxylic acids is 1. The van der Waals surface area contributed by atoms with Crippen molar-refractivity contribution >= 4 is 34.9 Å². The zero-order valence-electron chi connectivity index (χ0n) is 13.2. The molecule has 130 valence electrons. The largest absolute Gasteiger partial charge is 0.475 e. The molecule has 0 unspecified atom stereocenters. The van der Waals surface area contributed by atoms with Gasteiger partial charge < -0.3 is 9.94 Å². The number of carbonyl (C=O) groups is 1. The second-order valence-electron chi connectivity index (χ2n) is 5.13. The lowest BCUT2D eigenvalue weighted by atomic mass is 10.0. The van der Waals surface area contributed by atoms with Gasteiger partial charge in [0.2, 0.25) is 0 Å². The smallest absolute Gasteiger partial charge is 0.375 e. The summed E-state index contributed by atoms with van der Waals surface area (Å²) in [5.74, 6) is -1.43. The predicted molar refractivity (Wildman–Crippen MR) is 91.8 cm³/mol. The average Bonchev–Trinajstić information content (AvgIpc) is 2.97. The van der Waals surface area contributed by atoms with Crippen LogP contribution < -0.4 is 5.48 Å². The maximum atomic E-state index is 11.2. The summed E-state index contributed by atoms with van der Waals surface area (Å²) in [4.78, 5) is 24.4. The minimum atomic E-state index is -1.24. The second-order valence-corrected chi connectivity index (χ2v) is 5.97. The van der Waals surface area contributed by atoms with Crippen molar-refractivity contribution < 1.29 is 14.7 Å². The number of hydrogen-bond donors (Lipinski definition) is 2. The molecule has 3 aromatic rings. The molecule has 2 aromatic heterocycles. The third-order valence-electron chi connectivity index (χ3n) is 3.56. The van der Waals surface area contributed by atoms with Gasteiger partial charge in [-0.05, 0) is 25.1 Å². The van der Waals surface area contributed by atoms with Gasteiger partial charge in [-0.15, -0.1) is 5.10 Å². The van der Waals surface area contributed by atoms with E-state index in [4.69, 9.17) is 28.0 Å². The summed E-state index contributed by atoms with van der Waals surface area (Å²) >= 11 is 12.3. The molecule has 0 fully saturated rings. The van der Waals surface area contributed by atoms with Crippen LogP contribution in [0.15, 0.2) is 18.2 Å². The normalized spacial score (nSPS) is 11.2. The number of hydroxylamine groups is 1. The second kappa shape index (κ2) is 6.93. The predicted octanol–water partition coefficient (Wildman–Crippen LogP) is 2.76. The Balaban J connectivity index is 2.36. The summed E-state index contributed by atoms with van der Waals surface area (Å²) in [6.07, 6.45) is 0. The molecule has 0 aliphatic carbocycles. The number of nitrogens with zero attached hydrogens (tertiary/aromatic N) is 4. The lowest BCUT2D eigenvalue weighted by Gasteiger charge is -2.15. The quantitative estimate of drug-likeness (QED) is 0.655. The number of hydrogen-bond acceptors (Lipinski definition) is 6. The Morgan fingerprint density at radius 3 is 2.76 bits per heavy atom. The van der Waals surface area contributed by atoms with E-state index in [9.17, 15) is 9.90 Å². The summed E-state index contributed by atoms with van der Waals surface area (Å²) in [5, 5.41) is 14.1. The summed E-state index contributed by atoms with van der Waals surface area (Å²) in [6.45, 7) is 2.09. The van der Waals surface area contributed by atoms with E-state index in [1.807, 2.05) is 0 Å². The maximum absolute atomic E-state index is 11.2. The van der Waals surface area contributed by atoms with Gasteiger partial charge in [-0.2, -0.15) is 15.0 Å². The summed E-state index contributed by atoms with van der Waals surface area (Å²) in [7, 11) is 1.49. The van der Waals surface area contributed by atoms with E-state index < -0.39 is 5.97 Å². The van der Waals surface area contributed by atoms with Crippen molar-refractivity contribution in [2.75, 3.05) is 7.11 Å². The Morgan fingerprint density at radius 1 is 1.36 bits per heavy atom. The molecule has 2 heterocycles. The molecule has 0 atom stereocenters. The van der Waals surface area contributed by atoms with E-state index in [1.54, 1.807) is 25.1 Å². The zero-order chi connectivity index (χ0) is 18.1. The molecule has 0 aliphatic heterocycles. The van der Waals surface area contributed by atoms with Crippen LogP contribution in [0.4, 0.5) is 0 Å². The third-order valence-corrected chi connectivity index (χ3v) is 4.11. The number of fused-ring (bicyclic) bond motifs is 1. The Bertz CT molecular complexity index is 973. The van der Waals surface area contributed by atoms with Crippen LogP contribution in [0.1, 0.15) is 21.9 Å². The molecular weight excluding hydrogens is 369 g/mol. The SMILES string of the molecule is CONCc1c(C)nc2nc(C(=O)O)nn2c1-c1ccc(Cl)cc1Cl. The first-order valence-corrected chi connectivity index (χ1v) is 7.88. The number of halogens is 2. The van der Waals surface area contributed by atoms with Gasteiger partial charge >= 0.3 is 5.97 Å². The Labute approximate surface area is 152 Å². The first-order valence-electron chi connectivity index (χ1n) is 7.13. The molecule has 10 heteroatoms. The lowest BCUT2D eigenvalue weighted by molar-refractivity contribution is 0.0684. The van der Waals surface area contributed by atoms with Gasteiger partial charge in [0, 0.05) is 28.4 Å². The topological polar surface area (TPSA) is 102 Å². The zero-order valence-corrected chi connectivity index (χ0v) is 14.8. The number of aryl methyl sites for hydroxylation is 1. The van der Waals surface area contributed by atoms with Crippen molar-refractivity contribution in [3.05, 3.63) is 45.3 Å². The minimum absolute atomic E-state index is 0.164. The van der Waals surface area contributed by atoms with Gasteiger partial charge in [-0.1, -0.05) is 23.2 Å². The maximum Gasteiger partial charge on any atom is 0.375 e. The van der Waals surface area contributed by atoms with Crippen molar-refractivity contribution in [3.8, 4) is 11.3 Å². The number of carboxylic acids is 1. The van der Waals surface area contributed by atoms with E-state index >= 15 is 0 Å². The first kappa shape index (κ1) is 17.6. The molecule has 3 rings (SSSR count). The van der Waals surface area contributed by atoms with Crippen molar-refractivity contribution in [1.29, 1.82) is 0 Å². The number of benzene rings is 1. The molecule has 0 saturated heterocycles. The van der Waals surface area contributed by atoms with Crippen molar-refractivity contribution in [2.24, 2.45) is 0 Å². The van der Waals surface area contributed by atoms with Crippen LogP contribution in [0.2, 0.25) is 10.0 Å². The third kappa shape index (κ3) is 3.29. The van der Waals surface area contributed by atoms with Crippen LogP contribution in [0.3, 0.4) is 0 Å². The molecule has 2 N–H and O–H groups in total. The van der Waals surface area contributed by atoms with Crippen molar-refractivity contribution in [2.45, 2.75) is 13.5 Å². The molecule has 0 spiro atoms. The fourth-order valence-electron chi connectivity index (χ4n) is 2.45. The van der Waals surface area contributed by atoms with Gasteiger partial charge in [0.25, 0.3) is 11.6 Å². The van der Waals surface area contributed by atoms with Gasteiger partial charge in [0.05, 0.1) is 17.8 Å². The van der Waals surface area contributed by atoms with Crippen molar-refractivity contribution in [3.63, 3.8) is 0 Å². The molecule has 8 nitrogen and oxygen atoms in total. The number of aromatic nitrogens is 4. The lowest BCUT2D eigenvalue weighted by Crippen LogP contribution is -2.16. The molecular formula is C15H13Cl2N5O3. The fourth-order valence-corrected chi connectivity index (χ4v) is 2.95. The van der Waals surface area contributed by atoms with Crippen LogP contribution in [0.25, 0.3) is 17.0 Å². The highest BCUT2D eigenvalue weighted by Crippen LogP contribution is 2.33. The first-order chi connectivity index (χ1) is 11.9. The Morgan fingerprint density at radius 2 is 2.12 bits per heavy atom. The fraction of sp³-hybridized carbons (Fsp3) is 0.200. The highest BCUT2D eigenvalue weighted by Gasteiger charge is 2.21. The highest BCUT2D eigenvalue weighted by molar-refractivity contribution is 6.36. The van der Waals surface area contributed by atoms with Gasteiger partial charge in [-0.3, -0.25) is 0 Å². The van der Waals surface area contributed by atoms with Crippen LogP contribution in [0.5, 0.6) is 0 Å². The van der Waals surface area contributed by atoms with Gasteiger partial charge in [0.15, 0.2) is 0 Å². The number of rotatable bonds is 5. The van der Waals surface area contributed by atoms with E-state index in [0.29, 0.717) is 33.5 Å². The monoisotopic (exact) mass is 381 g/mol. The highest BCUT2D eigenvalue weighted by atomic mass is 35.5. The van der Waals surface area contributed by atoms with Gasteiger partial charge in [-0.25, -0.2) is 9.78 Å². The molecule has 25 heavy (non-hydrogen) atoms. The molecule has 0 bridgehead atoms. The van der Waals surface area contributed by atoms with E-state index in [-0.39, 0.29) is 11.6 Å². The number of nitrogens with one attached hydrogen (secondary N) is 1. The Kier molecular flexibility index (Phi) is 4.87. The minimum Gasteiger partial charge on any atom is -0.475 e. The van der Waals surface area contributed by atoms with Crippen LogP contribution in [-0.2, 0) is 11.4 Å². The Hall–Kier alpha value is -2.26. The standard InChI is InChI=1S/C15H13Cl2N5O3/c1-7-10(6-18-25-2)12(9-4-3-8(16)5-11(9)17)22-15(19-7)20-13(21-22)14(23)24/h3-5,18H,6H2,1-2H3,(H,23,24).